The molecule has 0 radical (unpaired) electrons. The molecule has 0 saturated carbocycles. The number of thioether (sulfide) groups is 1. The van der Waals surface area contributed by atoms with Crippen molar-refractivity contribution in [3.8, 4) is 0 Å². The molecule has 0 heterocycles. The minimum Gasteiger partial charge on any atom is -0.330 e. The van der Waals surface area contributed by atoms with Gasteiger partial charge in [-0.25, -0.2) is 0 Å². The van der Waals surface area contributed by atoms with E-state index in [-0.39, 0.29) is 5.91 Å². The number of carbonyl (C=O) groups is 1. The number of hydrogen-bond acceptors (Lipinski definition) is 3. The molecule has 0 fully saturated rings. The van der Waals surface area contributed by atoms with Crippen LogP contribution in [0.1, 0.15) is 13.3 Å². The molecule has 0 saturated heterocycles. The second kappa shape index (κ2) is 7.89. The average Bonchev–Trinajstić information content (AvgIpc) is 2.32. The highest BCUT2D eigenvalue weighted by molar-refractivity contribution is 8.00. The first-order valence-corrected chi connectivity index (χ1v) is 7.40. The third-order valence-corrected chi connectivity index (χ3v) is 4.07. The smallest absolute Gasteiger partial charge is 0.234 e. The van der Waals surface area contributed by atoms with Crippen molar-refractivity contribution in [2.75, 3.05) is 17.6 Å². The van der Waals surface area contributed by atoms with Crippen molar-refractivity contribution < 1.29 is 4.79 Å². The number of benzene rings is 1. The van der Waals surface area contributed by atoms with Crippen molar-refractivity contribution in [2.45, 2.75) is 18.6 Å². The second-order valence-corrected chi connectivity index (χ2v) is 6.14. The molecule has 1 atom stereocenters. The Morgan fingerprint density at radius 1 is 1.50 bits per heavy atom. The summed E-state index contributed by atoms with van der Waals surface area (Å²) in [6, 6.07) is 4.97. The number of rotatable bonds is 6. The van der Waals surface area contributed by atoms with E-state index in [0.29, 0.717) is 33.3 Å². The largest absolute Gasteiger partial charge is 0.330 e. The number of halogens is 2. The lowest BCUT2D eigenvalue weighted by atomic mass is 10.3. The van der Waals surface area contributed by atoms with Gasteiger partial charge in [-0.05, 0) is 31.2 Å². The van der Waals surface area contributed by atoms with Crippen LogP contribution in [-0.2, 0) is 4.79 Å². The van der Waals surface area contributed by atoms with Crippen LogP contribution in [0.15, 0.2) is 18.2 Å². The maximum Gasteiger partial charge on any atom is 0.234 e. The van der Waals surface area contributed by atoms with Crippen LogP contribution in [0, 0.1) is 0 Å². The molecule has 0 bridgehead atoms. The summed E-state index contributed by atoms with van der Waals surface area (Å²) in [7, 11) is 0. The normalized spacial score (nSPS) is 12.2. The molecular weight excluding hydrogens is 291 g/mol. The second-order valence-electron chi connectivity index (χ2n) is 3.87. The molecule has 0 spiro atoms. The first-order chi connectivity index (χ1) is 8.52. The Morgan fingerprint density at radius 3 is 2.89 bits per heavy atom. The Bertz CT molecular complexity index is 415. The van der Waals surface area contributed by atoms with E-state index in [1.165, 1.54) is 0 Å². The van der Waals surface area contributed by atoms with Gasteiger partial charge in [0.2, 0.25) is 5.91 Å². The van der Waals surface area contributed by atoms with Crippen molar-refractivity contribution >= 4 is 46.6 Å². The predicted molar refractivity (Wildman–Crippen MR) is 80.7 cm³/mol. The standard InChI is InChI=1S/C12H16Cl2N2OS/c1-8(4-5-15)18-7-12(17)16-11-6-9(13)2-3-10(11)14/h2-3,6,8H,4-5,7,15H2,1H3,(H,16,17). The van der Waals surface area contributed by atoms with Crippen molar-refractivity contribution in [1.82, 2.24) is 0 Å². The molecule has 0 aliphatic rings. The maximum absolute atomic E-state index is 11.7. The molecule has 1 unspecified atom stereocenters. The fraction of sp³-hybridized carbons (Fsp3) is 0.417. The summed E-state index contributed by atoms with van der Waals surface area (Å²) in [6.45, 7) is 2.69. The monoisotopic (exact) mass is 306 g/mol. The van der Waals surface area contributed by atoms with Crippen molar-refractivity contribution in [3.63, 3.8) is 0 Å². The zero-order valence-electron chi connectivity index (χ0n) is 10.1. The highest BCUT2D eigenvalue weighted by Gasteiger charge is 2.09. The molecule has 18 heavy (non-hydrogen) atoms. The molecule has 1 rings (SSSR count). The summed E-state index contributed by atoms with van der Waals surface area (Å²) in [5.74, 6) is 0.289. The maximum atomic E-state index is 11.7. The van der Waals surface area contributed by atoms with Crippen LogP contribution in [0.3, 0.4) is 0 Å². The van der Waals surface area contributed by atoms with Crippen LogP contribution < -0.4 is 11.1 Å². The summed E-state index contributed by atoms with van der Waals surface area (Å²) in [5.41, 5.74) is 5.99. The van der Waals surface area contributed by atoms with E-state index in [1.54, 1.807) is 30.0 Å². The first kappa shape index (κ1) is 15.6. The van der Waals surface area contributed by atoms with E-state index in [9.17, 15) is 4.79 Å². The van der Waals surface area contributed by atoms with E-state index in [2.05, 4.69) is 12.2 Å². The molecule has 3 N–H and O–H groups in total. The van der Waals surface area contributed by atoms with Gasteiger partial charge < -0.3 is 11.1 Å². The van der Waals surface area contributed by atoms with Crippen molar-refractivity contribution in [2.24, 2.45) is 5.73 Å². The highest BCUT2D eigenvalue weighted by Crippen LogP contribution is 2.25. The number of nitrogens with two attached hydrogens (primary N) is 1. The Hall–Kier alpha value is -0.420. The molecule has 1 amide bonds. The van der Waals surface area contributed by atoms with E-state index >= 15 is 0 Å². The van der Waals surface area contributed by atoms with Gasteiger partial charge in [0.25, 0.3) is 0 Å². The van der Waals surface area contributed by atoms with Crippen molar-refractivity contribution in [1.29, 1.82) is 0 Å². The van der Waals surface area contributed by atoms with Gasteiger partial charge >= 0.3 is 0 Å². The van der Waals surface area contributed by atoms with Gasteiger partial charge in [-0.1, -0.05) is 30.1 Å². The molecule has 0 aliphatic heterocycles. The number of amides is 1. The molecule has 0 aliphatic carbocycles. The minimum absolute atomic E-state index is 0.0898. The lowest BCUT2D eigenvalue weighted by Gasteiger charge is -2.10. The number of nitrogens with one attached hydrogen (secondary N) is 1. The minimum atomic E-state index is -0.0898. The van der Waals surface area contributed by atoms with Crippen LogP contribution in [0.4, 0.5) is 5.69 Å². The SMILES string of the molecule is CC(CCN)SCC(=O)Nc1cc(Cl)ccc1Cl. The number of carbonyl (C=O) groups excluding carboxylic acids is 1. The Kier molecular flexibility index (Phi) is 6.86. The fourth-order valence-corrected chi connectivity index (χ4v) is 2.46. The van der Waals surface area contributed by atoms with Gasteiger partial charge in [0.1, 0.15) is 0 Å². The van der Waals surface area contributed by atoms with Gasteiger partial charge in [0, 0.05) is 10.3 Å². The summed E-state index contributed by atoms with van der Waals surface area (Å²) in [6.07, 6.45) is 0.899. The van der Waals surface area contributed by atoms with Crippen LogP contribution in [0.2, 0.25) is 10.0 Å². The highest BCUT2D eigenvalue weighted by atomic mass is 35.5. The summed E-state index contributed by atoms with van der Waals surface area (Å²) in [5, 5.41) is 4.13. The molecule has 1 aromatic carbocycles. The van der Waals surface area contributed by atoms with Gasteiger partial charge in [0.15, 0.2) is 0 Å². The Labute approximate surface area is 121 Å². The molecule has 1 aromatic rings. The predicted octanol–water partition coefficient (Wildman–Crippen LogP) is 3.40. The van der Waals surface area contributed by atoms with E-state index < -0.39 is 0 Å². The van der Waals surface area contributed by atoms with E-state index in [1.807, 2.05) is 0 Å². The lowest BCUT2D eigenvalue weighted by molar-refractivity contribution is -0.113. The zero-order valence-corrected chi connectivity index (χ0v) is 12.4. The molecule has 100 valence electrons. The van der Waals surface area contributed by atoms with Crippen LogP contribution in [-0.4, -0.2) is 23.5 Å². The lowest BCUT2D eigenvalue weighted by Crippen LogP contribution is -2.17. The summed E-state index contributed by atoms with van der Waals surface area (Å²) >= 11 is 13.4. The van der Waals surface area contributed by atoms with E-state index in [0.717, 1.165) is 6.42 Å². The topological polar surface area (TPSA) is 55.1 Å². The molecular formula is C12H16Cl2N2OS. The quantitative estimate of drug-likeness (QED) is 0.847. The van der Waals surface area contributed by atoms with Crippen LogP contribution in [0.25, 0.3) is 0 Å². The molecule has 0 aromatic heterocycles. The third-order valence-electron chi connectivity index (χ3n) is 2.27. The average molecular weight is 307 g/mol. The van der Waals surface area contributed by atoms with Gasteiger partial charge in [0.05, 0.1) is 16.5 Å². The molecule has 6 heteroatoms. The first-order valence-electron chi connectivity index (χ1n) is 5.59. The van der Waals surface area contributed by atoms with Crippen molar-refractivity contribution in [3.05, 3.63) is 28.2 Å². The van der Waals surface area contributed by atoms with Crippen LogP contribution in [0.5, 0.6) is 0 Å². The molecule has 3 nitrogen and oxygen atoms in total. The number of anilines is 1. The summed E-state index contributed by atoms with van der Waals surface area (Å²) < 4.78 is 0. The summed E-state index contributed by atoms with van der Waals surface area (Å²) in [4.78, 5) is 11.7. The Balaban J connectivity index is 2.47. The number of hydrogen-bond donors (Lipinski definition) is 2. The van der Waals surface area contributed by atoms with Gasteiger partial charge in [-0.3, -0.25) is 4.79 Å². The zero-order chi connectivity index (χ0) is 13.5. The van der Waals surface area contributed by atoms with E-state index in [4.69, 9.17) is 28.9 Å². The third kappa shape index (κ3) is 5.48. The van der Waals surface area contributed by atoms with Crippen LogP contribution >= 0.6 is 35.0 Å². The Morgan fingerprint density at radius 2 is 2.22 bits per heavy atom. The van der Waals surface area contributed by atoms with Gasteiger partial charge in [-0.15, -0.1) is 11.8 Å². The van der Waals surface area contributed by atoms with Gasteiger partial charge in [-0.2, -0.15) is 0 Å². The fourth-order valence-electron chi connectivity index (χ4n) is 1.32.